The fourth-order valence-electron chi connectivity index (χ4n) is 4.64. The van der Waals surface area contributed by atoms with Crippen LogP contribution in [-0.2, 0) is 4.84 Å². The molecule has 1 saturated heterocycles. The molecule has 0 amide bonds. The van der Waals surface area contributed by atoms with Crippen LogP contribution in [0, 0.1) is 24.6 Å². The summed E-state index contributed by atoms with van der Waals surface area (Å²) in [5, 5.41) is 2.06. The number of fused-ring (bicyclic) bond motifs is 1. The summed E-state index contributed by atoms with van der Waals surface area (Å²) in [5.41, 5.74) is 2.26. The van der Waals surface area contributed by atoms with Gasteiger partial charge in [0, 0.05) is 19.0 Å². The van der Waals surface area contributed by atoms with Crippen molar-refractivity contribution in [3.05, 3.63) is 35.1 Å². The topological polar surface area (TPSA) is 12.5 Å². The average Bonchev–Trinajstić information content (AvgIpc) is 2.62. The molecule has 1 heterocycles. The fourth-order valence-corrected chi connectivity index (χ4v) is 4.64. The molecular weight excluding hydrogens is 265 g/mol. The van der Waals surface area contributed by atoms with E-state index in [4.69, 9.17) is 4.84 Å². The van der Waals surface area contributed by atoms with Crippen molar-refractivity contribution in [2.45, 2.75) is 58.1 Å². The quantitative estimate of drug-likeness (QED) is 0.765. The Labute approximate surface area is 127 Å². The van der Waals surface area contributed by atoms with E-state index in [2.05, 4.69) is 39.8 Å². The highest BCUT2D eigenvalue weighted by atomic mass is 19.1. The van der Waals surface area contributed by atoms with Gasteiger partial charge in [-0.15, -0.1) is 0 Å². The van der Waals surface area contributed by atoms with Gasteiger partial charge >= 0.3 is 0 Å². The van der Waals surface area contributed by atoms with Crippen molar-refractivity contribution in [1.29, 1.82) is 0 Å². The van der Waals surface area contributed by atoms with Crippen LogP contribution in [0.1, 0.15) is 50.7 Å². The number of hydrogen-bond acceptors (Lipinski definition) is 2. The second-order valence-corrected chi connectivity index (χ2v) is 7.48. The monoisotopic (exact) mass is 291 g/mol. The molecule has 2 fully saturated rings. The number of benzene rings is 1. The summed E-state index contributed by atoms with van der Waals surface area (Å²) in [4.78, 5) is 6.06. The van der Waals surface area contributed by atoms with Gasteiger partial charge in [-0.3, -0.25) is 4.84 Å². The summed E-state index contributed by atoms with van der Waals surface area (Å²) in [5.74, 6) is 1.37. The molecule has 4 unspecified atom stereocenters. The zero-order valence-electron chi connectivity index (χ0n) is 13.7. The van der Waals surface area contributed by atoms with Gasteiger partial charge in [0.15, 0.2) is 0 Å². The van der Waals surface area contributed by atoms with E-state index in [-0.39, 0.29) is 11.4 Å². The lowest BCUT2D eigenvalue weighted by Gasteiger charge is -2.40. The summed E-state index contributed by atoms with van der Waals surface area (Å²) in [6.45, 7) is 8.76. The van der Waals surface area contributed by atoms with Crippen molar-refractivity contribution in [2.24, 2.45) is 11.8 Å². The Morgan fingerprint density at radius 2 is 2.00 bits per heavy atom. The van der Waals surface area contributed by atoms with Crippen LogP contribution in [0.15, 0.2) is 18.2 Å². The number of hydrogen-bond donors (Lipinski definition) is 0. The molecule has 1 aliphatic heterocycles. The maximum absolute atomic E-state index is 13.6. The largest absolute Gasteiger partial charge is 0.293 e. The highest BCUT2D eigenvalue weighted by Gasteiger charge is 2.52. The number of hydroxylamine groups is 2. The number of halogens is 1. The second kappa shape index (κ2) is 5.06. The Morgan fingerprint density at radius 3 is 2.71 bits per heavy atom. The number of rotatable bonds is 1. The molecule has 0 aromatic heterocycles. The minimum absolute atomic E-state index is 0.121. The van der Waals surface area contributed by atoms with E-state index in [1.54, 1.807) is 12.1 Å². The first-order valence-corrected chi connectivity index (χ1v) is 7.97. The summed E-state index contributed by atoms with van der Waals surface area (Å²) < 4.78 is 13.6. The van der Waals surface area contributed by atoms with Crippen LogP contribution in [0.25, 0.3) is 0 Å². The van der Waals surface area contributed by atoms with E-state index in [9.17, 15) is 4.39 Å². The van der Waals surface area contributed by atoms with E-state index < -0.39 is 0 Å². The first kappa shape index (κ1) is 15.0. The second-order valence-electron chi connectivity index (χ2n) is 7.48. The Morgan fingerprint density at radius 1 is 1.29 bits per heavy atom. The molecule has 0 N–H and O–H groups in total. The molecule has 2 aliphatic rings. The number of nitrogens with zero attached hydrogens (tertiary/aromatic N) is 1. The molecule has 4 atom stereocenters. The maximum Gasteiger partial charge on any atom is 0.123 e. The Kier molecular flexibility index (Phi) is 3.61. The lowest BCUT2D eigenvalue weighted by atomic mass is 9.65. The maximum atomic E-state index is 13.6. The van der Waals surface area contributed by atoms with Gasteiger partial charge in [-0.05, 0) is 68.7 Å². The van der Waals surface area contributed by atoms with Crippen LogP contribution >= 0.6 is 0 Å². The predicted octanol–water partition coefficient (Wildman–Crippen LogP) is 4.29. The van der Waals surface area contributed by atoms with Gasteiger partial charge in [0.05, 0.1) is 5.60 Å². The lowest BCUT2D eigenvalue weighted by molar-refractivity contribution is -0.182. The van der Waals surface area contributed by atoms with Crippen molar-refractivity contribution in [2.75, 3.05) is 7.05 Å². The van der Waals surface area contributed by atoms with Gasteiger partial charge in [-0.25, -0.2) is 4.39 Å². The molecule has 1 aromatic carbocycles. The van der Waals surface area contributed by atoms with Crippen molar-refractivity contribution in [3.63, 3.8) is 0 Å². The van der Waals surface area contributed by atoms with Crippen molar-refractivity contribution < 1.29 is 9.23 Å². The van der Waals surface area contributed by atoms with Crippen molar-refractivity contribution in [1.82, 2.24) is 5.06 Å². The van der Waals surface area contributed by atoms with Gasteiger partial charge in [0.25, 0.3) is 0 Å². The molecule has 1 aromatic rings. The molecule has 0 bridgehead atoms. The zero-order chi connectivity index (χ0) is 15.4. The van der Waals surface area contributed by atoms with E-state index in [0.29, 0.717) is 23.8 Å². The third-order valence-electron chi connectivity index (χ3n) is 5.56. The molecule has 3 heteroatoms. The minimum Gasteiger partial charge on any atom is -0.293 e. The average molecular weight is 291 g/mol. The van der Waals surface area contributed by atoms with Crippen LogP contribution in [-0.4, -0.2) is 23.8 Å². The molecule has 3 rings (SSSR count). The molecule has 1 saturated carbocycles. The van der Waals surface area contributed by atoms with E-state index in [0.717, 1.165) is 12.8 Å². The summed E-state index contributed by atoms with van der Waals surface area (Å²) in [7, 11) is 2.05. The Hall–Kier alpha value is -0.930. The number of aryl methyl sites for hydroxylation is 1. The minimum atomic E-state index is -0.131. The van der Waals surface area contributed by atoms with Gasteiger partial charge in [0.1, 0.15) is 5.82 Å². The van der Waals surface area contributed by atoms with E-state index in [1.165, 1.54) is 11.1 Å². The third-order valence-corrected chi connectivity index (χ3v) is 5.56. The third kappa shape index (κ3) is 2.51. The molecule has 0 spiro atoms. The zero-order valence-corrected chi connectivity index (χ0v) is 13.7. The molecule has 0 radical (unpaired) electrons. The van der Waals surface area contributed by atoms with Gasteiger partial charge in [0.2, 0.25) is 0 Å². The standard InChI is InChI=1S/C18H26FNO/c1-11-6-7-14(19)10-15(11)13-8-12(2)17-16(9-13)18(3,4)21-20(17)5/h6-7,10,12-13,16-17H,8-9H2,1-5H3. The van der Waals surface area contributed by atoms with Crippen LogP contribution < -0.4 is 0 Å². The summed E-state index contributed by atoms with van der Waals surface area (Å²) in [6, 6.07) is 5.68. The van der Waals surface area contributed by atoms with Crippen LogP contribution in [0.3, 0.4) is 0 Å². The van der Waals surface area contributed by atoms with Crippen molar-refractivity contribution in [3.8, 4) is 0 Å². The summed E-state index contributed by atoms with van der Waals surface area (Å²) in [6.07, 6.45) is 2.19. The van der Waals surface area contributed by atoms with E-state index >= 15 is 0 Å². The molecular formula is C18H26FNO. The highest BCUT2D eigenvalue weighted by molar-refractivity contribution is 5.31. The van der Waals surface area contributed by atoms with Crippen LogP contribution in [0.2, 0.25) is 0 Å². The lowest BCUT2D eigenvalue weighted by Crippen LogP contribution is -2.42. The fraction of sp³-hybridized carbons (Fsp3) is 0.667. The van der Waals surface area contributed by atoms with Crippen LogP contribution in [0.5, 0.6) is 0 Å². The van der Waals surface area contributed by atoms with Crippen LogP contribution in [0.4, 0.5) is 4.39 Å². The van der Waals surface area contributed by atoms with E-state index in [1.807, 2.05) is 6.07 Å². The summed E-state index contributed by atoms with van der Waals surface area (Å²) >= 11 is 0. The van der Waals surface area contributed by atoms with Crippen molar-refractivity contribution >= 4 is 0 Å². The van der Waals surface area contributed by atoms with Gasteiger partial charge in [-0.1, -0.05) is 13.0 Å². The normalized spacial score (nSPS) is 35.7. The Balaban J connectivity index is 1.92. The smallest absolute Gasteiger partial charge is 0.123 e. The molecule has 21 heavy (non-hydrogen) atoms. The molecule has 116 valence electrons. The van der Waals surface area contributed by atoms with Gasteiger partial charge in [-0.2, -0.15) is 5.06 Å². The van der Waals surface area contributed by atoms with Gasteiger partial charge < -0.3 is 0 Å². The molecule has 1 aliphatic carbocycles. The first-order valence-electron chi connectivity index (χ1n) is 7.97. The molecule has 2 nitrogen and oxygen atoms in total. The highest BCUT2D eigenvalue weighted by Crippen LogP contribution is 2.50. The SMILES string of the molecule is Cc1ccc(F)cc1C1CC(C)C2C(C1)C(C)(C)ON2C. The first-order chi connectivity index (χ1) is 9.79. The predicted molar refractivity (Wildman–Crippen MR) is 82.5 cm³/mol. The Bertz CT molecular complexity index is 542.